The molecule has 0 N–H and O–H groups in total. The Morgan fingerprint density at radius 2 is 2.00 bits per heavy atom. The summed E-state index contributed by atoms with van der Waals surface area (Å²) < 4.78 is 26.0. The Balaban J connectivity index is 0.00000128. The minimum absolute atomic E-state index is 0. The van der Waals surface area contributed by atoms with Gasteiger partial charge in [0.1, 0.15) is 0 Å². The van der Waals surface area contributed by atoms with Gasteiger partial charge in [-0.05, 0) is 18.7 Å². The summed E-state index contributed by atoms with van der Waals surface area (Å²) in [5.74, 6) is -1.28. The molecular weight excluding hydrogens is 391 g/mol. The van der Waals surface area contributed by atoms with Crippen LogP contribution in [0.4, 0.5) is 8.78 Å². The average Bonchev–Trinajstić information content (AvgIpc) is 2.17. The molecule has 4 heteroatoms. The maximum absolute atomic E-state index is 13.4. The number of halogens is 2. The average molecular weight is 399 g/mol. The number of aromatic nitrogens is 1. The Kier molecular flexibility index (Phi) is 4.31. The summed E-state index contributed by atoms with van der Waals surface area (Å²) in [7, 11) is 0. The molecule has 2 rings (SSSR count). The molecule has 1 heterocycles. The summed E-state index contributed by atoms with van der Waals surface area (Å²) in [6.07, 6.45) is 1.58. The molecule has 0 spiro atoms. The second-order valence-electron chi connectivity index (χ2n) is 3.26. The van der Waals surface area contributed by atoms with Gasteiger partial charge in [0.05, 0.1) is 0 Å². The second kappa shape index (κ2) is 5.31. The van der Waals surface area contributed by atoms with Crippen LogP contribution in [-0.2, 0) is 21.1 Å². The fraction of sp³-hybridized carbons (Fsp3) is 0.0833. The normalized spacial score (nSPS) is 9.69. The molecule has 0 radical (unpaired) electrons. The standard InChI is InChI=1S/C12H8F2N.Pt/c1-8-4-5-15-12(6-8)10-3-2-9(13)7-11(10)14;/h2,4-7H,1H3;/q-1;. The van der Waals surface area contributed by atoms with Crippen LogP contribution in [0.25, 0.3) is 11.3 Å². The van der Waals surface area contributed by atoms with Crippen LogP contribution in [0, 0.1) is 24.6 Å². The summed E-state index contributed by atoms with van der Waals surface area (Å²) in [6, 6.07) is 8.00. The summed E-state index contributed by atoms with van der Waals surface area (Å²) in [5, 5.41) is 0. The molecule has 0 aliphatic heterocycles. The van der Waals surface area contributed by atoms with Crippen LogP contribution < -0.4 is 0 Å². The van der Waals surface area contributed by atoms with Gasteiger partial charge in [-0.25, -0.2) is 0 Å². The predicted molar refractivity (Wildman–Crippen MR) is 53.2 cm³/mol. The molecule has 1 aromatic heterocycles. The maximum Gasteiger partial charge on any atom is 0.0408 e. The predicted octanol–water partition coefficient (Wildman–Crippen LogP) is 3.13. The number of pyridine rings is 1. The van der Waals surface area contributed by atoms with Crippen molar-refractivity contribution in [3.05, 3.63) is 53.7 Å². The van der Waals surface area contributed by atoms with Crippen molar-refractivity contribution < 1.29 is 29.8 Å². The van der Waals surface area contributed by atoms with E-state index in [2.05, 4.69) is 11.1 Å². The van der Waals surface area contributed by atoms with Gasteiger partial charge in [0.25, 0.3) is 0 Å². The van der Waals surface area contributed by atoms with E-state index in [-0.39, 0.29) is 26.6 Å². The van der Waals surface area contributed by atoms with Gasteiger partial charge in [-0.15, -0.1) is 12.1 Å². The molecule has 0 atom stereocenters. The van der Waals surface area contributed by atoms with Crippen molar-refractivity contribution in [2.45, 2.75) is 6.92 Å². The van der Waals surface area contributed by atoms with Gasteiger partial charge in [0.2, 0.25) is 0 Å². The van der Waals surface area contributed by atoms with Crippen LogP contribution in [0.2, 0.25) is 0 Å². The third-order valence-electron chi connectivity index (χ3n) is 2.03. The zero-order valence-electron chi connectivity index (χ0n) is 8.41. The molecule has 1 nitrogen and oxygen atoms in total. The van der Waals surface area contributed by atoms with Gasteiger partial charge in [-0.2, -0.15) is 0 Å². The second-order valence-corrected chi connectivity index (χ2v) is 3.26. The van der Waals surface area contributed by atoms with E-state index < -0.39 is 11.6 Å². The fourth-order valence-corrected chi connectivity index (χ4v) is 1.31. The number of aryl methyl sites for hydroxylation is 1. The SMILES string of the molecule is Cc1ccnc(-c2[c-]cc(F)cc2F)c1.[Pt]. The molecule has 86 valence electrons. The minimum atomic E-state index is -0.645. The van der Waals surface area contributed by atoms with Crippen LogP contribution >= 0.6 is 0 Å². The Morgan fingerprint density at radius 1 is 1.25 bits per heavy atom. The van der Waals surface area contributed by atoms with E-state index in [1.165, 1.54) is 0 Å². The fourth-order valence-electron chi connectivity index (χ4n) is 1.31. The largest absolute Gasteiger partial charge is 0.305 e. The minimum Gasteiger partial charge on any atom is -0.305 e. The first-order valence-corrected chi connectivity index (χ1v) is 4.46. The van der Waals surface area contributed by atoms with E-state index in [4.69, 9.17) is 0 Å². The van der Waals surface area contributed by atoms with Gasteiger partial charge >= 0.3 is 0 Å². The molecule has 0 saturated heterocycles. The van der Waals surface area contributed by atoms with Crippen molar-refractivity contribution in [3.63, 3.8) is 0 Å². The first kappa shape index (κ1) is 13.0. The van der Waals surface area contributed by atoms with Crippen LogP contribution in [0.5, 0.6) is 0 Å². The molecule has 0 unspecified atom stereocenters. The smallest absolute Gasteiger partial charge is 0.0408 e. The first-order chi connectivity index (χ1) is 7.16. The third kappa shape index (κ3) is 2.73. The molecule has 0 bridgehead atoms. The number of nitrogens with zero attached hydrogens (tertiary/aromatic N) is 1. The molecule has 0 fully saturated rings. The Hall–Kier alpha value is -1.08. The zero-order chi connectivity index (χ0) is 10.8. The van der Waals surface area contributed by atoms with Crippen molar-refractivity contribution in [1.29, 1.82) is 0 Å². The van der Waals surface area contributed by atoms with E-state index in [0.29, 0.717) is 5.69 Å². The van der Waals surface area contributed by atoms with Crippen LogP contribution in [0.3, 0.4) is 0 Å². The number of hydrogen-bond acceptors (Lipinski definition) is 1. The molecule has 16 heavy (non-hydrogen) atoms. The van der Waals surface area contributed by atoms with Crippen molar-refractivity contribution in [2.24, 2.45) is 0 Å². The Morgan fingerprint density at radius 3 is 2.62 bits per heavy atom. The van der Waals surface area contributed by atoms with E-state index in [9.17, 15) is 8.78 Å². The Labute approximate surface area is 107 Å². The van der Waals surface area contributed by atoms with Crippen LogP contribution in [0.15, 0.2) is 30.5 Å². The van der Waals surface area contributed by atoms with E-state index in [1.54, 1.807) is 12.3 Å². The molecule has 0 aliphatic rings. The van der Waals surface area contributed by atoms with E-state index in [0.717, 1.165) is 17.7 Å². The summed E-state index contributed by atoms with van der Waals surface area (Å²) >= 11 is 0. The molecule has 2 aromatic rings. The van der Waals surface area contributed by atoms with Crippen LogP contribution in [0.1, 0.15) is 5.56 Å². The maximum atomic E-state index is 13.4. The molecule has 0 aliphatic carbocycles. The summed E-state index contributed by atoms with van der Waals surface area (Å²) in [6.45, 7) is 1.88. The van der Waals surface area contributed by atoms with E-state index in [1.807, 2.05) is 13.0 Å². The molecule has 0 amide bonds. The van der Waals surface area contributed by atoms with Gasteiger partial charge in [-0.1, -0.05) is 23.3 Å². The number of benzene rings is 1. The van der Waals surface area contributed by atoms with Crippen molar-refractivity contribution in [3.8, 4) is 11.3 Å². The molecular formula is C12H8F2NPt-. The van der Waals surface area contributed by atoms with Crippen molar-refractivity contribution >= 4 is 0 Å². The van der Waals surface area contributed by atoms with Gasteiger partial charge in [-0.3, -0.25) is 8.78 Å². The quantitative estimate of drug-likeness (QED) is 0.672. The topological polar surface area (TPSA) is 12.9 Å². The van der Waals surface area contributed by atoms with Gasteiger partial charge in [0, 0.05) is 38.9 Å². The van der Waals surface area contributed by atoms with Crippen molar-refractivity contribution in [2.75, 3.05) is 0 Å². The van der Waals surface area contributed by atoms with Crippen LogP contribution in [-0.4, -0.2) is 4.98 Å². The van der Waals surface area contributed by atoms with Gasteiger partial charge < -0.3 is 4.98 Å². The monoisotopic (exact) mass is 399 g/mol. The Bertz CT molecular complexity index is 500. The zero-order valence-corrected chi connectivity index (χ0v) is 10.7. The summed E-state index contributed by atoms with van der Waals surface area (Å²) in [5.41, 5.74) is 1.63. The van der Waals surface area contributed by atoms with Crippen molar-refractivity contribution in [1.82, 2.24) is 4.98 Å². The molecule has 0 saturated carbocycles. The first-order valence-electron chi connectivity index (χ1n) is 4.46. The van der Waals surface area contributed by atoms with E-state index >= 15 is 0 Å². The molecule has 1 aromatic carbocycles. The van der Waals surface area contributed by atoms with Gasteiger partial charge in [0.15, 0.2) is 0 Å². The summed E-state index contributed by atoms with van der Waals surface area (Å²) in [4.78, 5) is 4.01. The third-order valence-corrected chi connectivity index (χ3v) is 2.03. The number of rotatable bonds is 1. The number of hydrogen-bond donors (Lipinski definition) is 0.